The van der Waals surface area contributed by atoms with Crippen LogP contribution in [0, 0.1) is 0 Å². The number of likely N-dealkylation sites (N-methyl/N-ethyl adjacent to an activating group) is 1. The van der Waals surface area contributed by atoms with Crippen LogP contribution in [0.5, 0.6) is 0 Å². The van der Waals surface area contributed by atoms with Crippen molar-refractivity contribution in [2.45, 2.75) is 32.4 Å². The van der Waals surface area contributed by atoms with E-state index in [1.807, 2.05) is 18.9 Å². The summed E-state index contributed by atoms with van der Waals surface area (Å²) in [7, 11) is 3.55. The zero-order valence-electron chi connectivity index (χ0n) is 10.8. The molecule has 0 radical (unpaired) electrons. The van der Waals surface area contributed by atoms with Crippen molar-refractivity contribution in [2.24, 2.45) is 5.73 Å². The Balaban J connectivity index is 3.85. The van der Waals surface area contributed by atoms with Crippen LogP contribution in [0.3, 0.4) is 0 Å². The van der Waals surface area contributed by atoms with Gasteiger partial charge in [0, 0.05) is 19.2 Å². The van der Waals surface area contributed by atoms with Gasteiger partial charge in [0.05, 0.1) is 13.2 Å². The number of amides is 1. The summed E-state index contributed by atoms with van der Waals surface area (Å²) >= 11 is 0. The van der Waals surface area contributed by atoms with E-state index in [0.717, 1.165) is 6.42 Å². The van der Waals surface area contributed by atoms with Crippen LogP contribution >= 0.6 is 0 Å². The van der Waals surface area contributed by atoms with Crippen LogP contribution in [-0.4, -0.2) is 56.7 Å². The molecule has 0 aromatic heterocycles. The molecule has 0 aliphatic carbocycles. The molecule has 16 heavy (non-hydrogen) atoms. The van der Waals surface area contributed by atoms with E-state index < -0.39 is 0 Å². The van der Waals surface area contributed by atoms with Gasteiger partial charge in [-0.25, -0.2) is 0 Å². The maximum absolute atomic E-state index is 11.6. The highest BCUT2D eigenvalue weighted by atomic mass is 16.5. The lowest BCUT2D eigenvalue weighted by Crippen LogP contribution is -2.44. The molecule has 2 atom stereocenters. The number of hydrogen-bond acceptors (Lipinski definition) is 4. The first-order chi connectivity index (χ1) is 7.51. The molecule has 96 valence electrons. The topological polar surface area (TPSA) is 67.6 Å². The molecule has 0 bridgehead atoms. The molecule has 0 aromatic carbocycles. The predicted octanol–water partition coefficient (Wildman–Crippen LogP) is -0.193. The van der Waals surface area contributed by atoms with Crippen LogP contribution in [0.4, 0.5) is 0 Å². The Morgan fingerprint density at radius 1 is 1.50 bits per heavy atom. The van der Waals surface area contributed by atoms with Crippen molar-refractivity contribution in [1.29, 1.82) is 0 Å². The number of nitrogens with two attached hydrogens (primary N) is 1. The first-order valence-corrected chi connectivity index (χ1v) is 5.69. The van der Waals surface area contributed by atoms with Gasteiger partial charge in [-0.05, 0) is 33.9 Å². The minimum Gasteiger partial charge on any atom is -0.383 e. The highest BCUT2D eigenvalue weighted by Crippen LogP contribution is 1.98. The fourth-order valence-electron chi connectivity index (χ4n) is 1.46. The first-order valence-electron chi connectivity index (χ1n) is 5.69. The molecule has 2 unspecified atom stereocenters. The molecule has 5 heteroatoms. The number of carbonyl (C=O) groups is 1. The van der Waals surface area contributed by atoms with Crippen LogP contribution in [0.1, 0.15) is 20.3 Å². The third-order valence-electron chi connectivity index (χ3n) is 2.55. The Morgan fingerprint density at radius 2 is 2.12 bits per heavy atom. The van der Waals surface area contributed by atoms with Crippen LogP contribution < -0.4 is 11.1 Å². The van der Waals surface area contributed by atoms with Gasteiger partial charge in [-0.15, -0.1) is 0 Å². The Labute approximate surface area is 98.3 Å². The summed E-state index contributed by atoms with van der Waals surface area (Å²) in [6.45, 7) is 5.57. The van der Waals surface area contributed by atoms with E-state index in [0.29, 0.717) is 25.7 Å². The summed E-state index contributed by atoms with van der Waals surface area (Å²) in [5.74, 6) is 0.0240. The second-order valence-corrected chi connectivity index (χ2v) is 4.27. The molecule has 0 aliphatic rings. The number of ether oxygens (including phenoxy) is 1. The van der Waals surface area contributed by atoms with Crippen molar-refractivity contribution in [2.75, 3.05) is 33.9 Å². The van der Waals surface area contributed by atoms with Gasteiger partial charge < -0.3 is 15.8 Å². The van der Waals surface area contributed by atoms with Crippen molar-refractivity contribution in [1.82, 2.24) is 10.2 Å². The highest BCUT2D eigenvalue weighted by molar-refractivity contribution is 5.78. The molecule has 0 aliphatic heterocycles. The lowest BCUT2D eigenvalue weighted by Gasteiger charge is -2.24. The Bertz CT molecular complexity index is 200. The molecule has 0 fully saturated rings. The summed E-state index contributed by atoms with van der Waals surface area (Å²) in [5.41, 5.74) is 5.47. The van der Waals surface area contributed by atoms with Crippen LogP contribution in [0.25, 0.3) is 0 Å². The second-order valence-electron chi connectivity index (χ2n) is 4.27. The van der Waals surface area contributed by atoms with Gasteiger partial charge in [0.1, 0.15) is 0 Å². The minimum absolute atomic E-state index is 0.0240. The standard InChI is InChI=1S/C11H25N3O2/c1-9(8-16-4)13-11(15)7-14(3)10(2)5-6-12/h9-10H,5-8,12H2,1-4H3,(H,13,15). The zero-order valence-corrected chi connectivity index (χ0v) is 10.8. The first kappa shape index (κ1) is 15.3. The maximum Gasteiger partial charge on any atom is 0.234 e. The normalized spacial score (nSPS) is 14.9. The molecule has 0 saturated carbocycles. The smallest absolute Gasteiger partial charge is 0.234 e. The molecule has 0 aromatic rings. The summed E-state index contributed by atoms with van der Waals surface area (Å²) in [6.07, 6.45) is 0.900. The number of rotatable bonds is 8. The molecular formula is C11H25N3O2. The summed E-state index contributed by atoms with van der Waals surface area (Å²) in [6, 6.07) is 0.379. The van der Waals surface area contributed by atoms with Crippen LogP contribution in [0.2, 0.25) is 0 Å². The van der Waals surface area contributed by atoms with Crippen molar-refractivity contribution in [3.63, 3.8) is 0 Å². The van der Waals surface area contributed by atoms with Crippen molar-refractivity contribution in [3.05, 3.63) is 0 Å². The van der Waals surface area contributed by atoms with Gasteiger partial charge in [-0.2, -0.15) is 0 Å². The van der Waals surface area contributed by atoms with Gasteiger partial charge in [0.15, 0.2) is 0 Å². The Kier molecular flexibility index (Phi) is 8.15. The molecule has 0 saturated heterocycles. The minimum atomic E-state index is 0.0240. The van der Waals surface area contributed by atoms with Crippen LogP contribution in [0.15, 0.2) is 0 Å². The Morgan fingerprint density at radius 3 is 2.62 bits per heavy atom. The van der Waals surface area contributed by atoms with Gasteiger partial charge in [-0.1, -0.05) is 0 Å². The zero-order chi connectivity index (χ0) is 12.6. The molecule has 1 amide bonds. The van der Waals surface area contributed by atoms with Gasteiger partial charge in [0.2, 0.25) is 5.91 Å². The van der Waals surface area contributed by atoms with E-state index in [2.05, 4.69) is 12.2 Å². The fraction of sp³-hybridized carbons (Fsp3) is 0.909. The van der Waals surface area contributed by atoms with E-state index in [1.54, 1.807) is 7.11 Å². The van der Waals surface area contributed by atoms with Crippen LogP contribution in [-0.2, 0) is 9.53 Å². The van der Waals surface area contributed by atoms with Gasteiger partial charge in [-0.3, -0.25) is 9.69 Å². The van der Waals surface area contributed by atoms with Gasteiger partial charge >= 0.3 is 0 Å². The van der Waals surface area contributed by atoms with E-state index in [-0.39, 0.29) is 11.9 Å². The lowest BCUT2D eigenvalue weighted by atomic mass is 10.2. The van der Waals surface area contributed by atoms with E-state index >= 15 is 0 Å². The summed E-state index contributed by atoms with van der Waals surface area (Å²) in [5, 5.41) is 2.87. The molecule has 0 rings (SSSR count). The maximum atomic E-state index is 11.6. The number of nitrogens with one attached hydrogen (secondary N) is 1. The fourth-order valence-corrected chi connectivity index (χ4v) is 1.46. The van der Waals surface area contributed by atoms with Gasteiger partial charge in [0.25, 0.3) is 0 Å². The molecule has 0 spiro atoms. The second kappa shape index (κ2) is 8.50. The lowest BCUT2D eigenvalue weighted by molar-refractivity contribution is -0.123. The monoisotopic (exact) mass is 231 g/mol. The number of nitrogens with zero attached hydrogens (tertiary/aromatic N) is 1. The molecular weight excluding hydrogens is 206 g/mol. The largest absolute Gasteiger partial charge is 0.383 e. The van der Waals surface area contributed by atoms with Crippen molar-refractivity contribution < 1.29 is 9.53 Å². The molecule has 3 N–H and O–H groups in total. The number of hydrogen-bond donors (Lipinski definition) is 2. The van der Waals surface area contributed by atoms with E-state index in [4.69, 9.17) is 10.5 Å². The molecule has 0 heterocycles. The number of methoxy groups -OCH3 is 1. The third kappa shape index (κ3) is 6.76. The quantitative estimate of drug-likeness (QED) is 0.607. The average molecular weight is 231 g/mol. The summed E-state index contributed by atoms with van der Waals surface area (Å²) in [4.78, 5) is 13.6. The number of carbonyl (C=O) groups excluding carboxylic acids is 1. The Hall–Kier alpha value is -0.650. The SMILES string of the molecule is COCC(C)NC(=O)CN(C)C(C)CCN. The molecule has 5 nitrogen and oxygen atoms in total. The van der Waals surface area contributed by atoms with E-state index in [1.165, 1.54) is 0 Å². The van der Waals surface area contributed by atoms with Crippen molar-refractivity contribution in [3.8, 4) is 0 Å². The highest BCUT2D eigenvalue weighted by Gasteiger charge is 2.13. The predicted molar refractivity (Wildman–Crippen MR) is 65.2 cm³/mol. The third-order valence-corrected chi connectivity index (χ3v) is 2.55. The average Bonchev–Trinajstić information content (AvgIpc) is 2.17. The van der Waals surface area contributed by atoms with E-state index in [9.17, 15) is 4.79 Å². The summed E-state index contributed by atoms with van der Waals surface area (Å²) < 4.78 is 4.95. The van der Waals surface area contributed by atoms with Crippen molar-refractivity contribution >= 4 is 5.91 Å².